The molecule has 4 nitrogen and oxygen atoms in total. The molecule has 1 fully saturated rings. The molecular weight excluding hydrogens is 543 g/mol. The van der Waals surface area contributed by atoms with Crippen LogP contribution in [-0.4, -0.2) is 34.0 Å². The van der Waals surface area contributed by atoms with Crippen LogP contribution in [0.2, 0.25) is 0 Å². The number of benzene rings is 3. The standard InChI is InChI=1S/C39H41FN4/c1-27-5-11-36(12-6-27)44(26-32-14-18-42-39(24-32)34-21-28(2)30(4)29(3)22-34)37-15-19-43(20-16-37)25-31-13-17-41-38(23-31)33-7-9-35(40)10-8-33/h5-14,17-18,21-24,37H,15-16,19-20,25-26H2,1-4H3. The van der Waals surface area contributed by atoms with E-state index in [9.17, 15) is 4.39 Å². The highest BCUT2D eigenvalue weighted by Crippen LogP contribution is 2.29. The van der Waals surface area contributed by atoms with Crippen molar-refractivity contribution < 1.29 is 4.39 Å². The molecule has 0 unspecified atom stereocenters. The van der Waals surface area contributed by atoms with Gasteiger partial charge < -0.3 is 4.90 Å². The van der Waals surface area contributed by atoms with Gasteiger partial charge in [-0.1, -0.05) is 17.7 Å². The molecule has 0 spiro atoms. The van der Waals surface area contributed by atoms with Crippen LogP contribution in [0.5, 0.6) is 0 Å². The monoisotopic (exact) mass is 584 g/mol. The molecule has 224 valence electrons. The molecule has 0 N–H and O–H groups in total. The predicted molar refractivity (Wildman–Crippen MR) is 179 cm³/mol. The zero-order chi connectivity index (χ0) is 30.6. The lowest BCUT2D eigenvalue weighted by Crippen LogP contribution is -2.44. The fourth-order valence-corrected chi connectivity index (χ4v) is 6.28. The van der Waals surface area contributed by atoms with Gasteiger partial charge in [0.2, 0.25) is 0 Å². The summed E-state index contributed by atoms with van der Waals surface area (Å²) in [4.78, 5) is 14.4. The Labute approximate surface area is 261 Å². The van der Waals surface area contributed by atoms with Gasteiger partial charge in [0.1, 0.15) is 5.82 Å². The van der Waals surface area contributed by atoms with Crippen LogP contribution in [0.25, 0.3) is 22.5 Å². The number of aromatic nitrogens is 2. The molecule has 0 bridgehead atoms. The van der Waals surface area contributed by atoms with Gasteiger partial charge in [-0.2, -0.15) is 0 Å². The van der Waals surface area contributed by atoms with Crippen LogP contribution in [0, 0.1) is 33.5 Å². The number of hydrogen-bond donors (Lipinski definition) is 0. The molecule has 0 radical (unpaired) electrons. The van der Waals surface area contributed by atoms with Crippen molar-refractivity contribution in [3.05, 3.63) is 137 Å². The molecule has 5 aromatic rings. The second-order valence-corrected chi connectivity index (χ2v) is 12.3. The average Bonchev–Trinajstić information content (AvgIpc) is 3.04. The smallest absolute Gasteiger partial charge is 0.123 e. The quantitative estimate of drug-likeness (QED) is 0.182. The number of hydrogen-bond acceptors (Lipinski definition) is 4. The summed E-state index contributed by atoms with van der Waals surface area (Å²) >= 11 is 0. The van der Waals surface area contributed by atoms with Crippen LogP contribution in [0.3, 0.4) is 0 Å². The van der Waals surface area contributed by atoms with Gasteiger partial charge in [-0.25, -0.2) is 4.39 Å². The Hall–Kier alpha value is -4.35. The third kappa shape index (κ3) is 6.89. The largest absolute Gasteiger partial charge is 0.364 e. The molecule has 1 saturated heterocycles. The van der Waals surface area contributed by atoms with Crippen molar-refractivity contribution in [2.45, 2.75) is 59.7 Å². The zero-order valence-corrected chi connectivity index (χ0v) is 26.2. The SMILES string of the molecule is Cc1ccc(N(Cc2ccnc(-c3cc(C)c(C)c(C)c3)c2)C2CCN(Cc3ccnc(-c4ccc(F)cc4)c3)CC2)cc1. The first-order valence-corrected chi connectivity index (χ1v) is 15.6. The lowest BCUT2D eigenvalue weighted by molar-refractivity contribution is 0.201. The van der Waals surface area contributed by atoms with E-state index >= 15 is 0 Å². The highest BCUT2D eigenvalue weighted by Gasteiger charge is 2.25. The second-order valence-electron chi connectivity index (χ2n) is 12.3. The molecule has 0 aliphatic carbocycles. The third-order valence-electron chi connectivity index (χ3n) is 9.13. The van der Waals surface area contributed by atoms with Crippen LogP contribution in [0.4, 0.5) is 10.1 Å². The van der Waals surface area contributed by atoms with Gasteiger partial charge in [0.25, 0.3) is 0 Å². The molecule has 44 heavy (non-hydrogen) atoms. The molecule has 5 heteroatoms. The van der Waals surface area contributed by atoms with E-state index in [4.69, 9.17) is 4.98 Å². The molecule has 3 heterocycles. The van der Waals surface area contributed by atoms with Gasteiger partial charge in [-0.15, -0.1) is 0 Å². The first-order valence-electron chi connectivity index (χ1n) is 15.6. The lowest BCUT2D eigenvalue weighted by Gasteiger charge is -2.40. The van der Waals surface area contributed by atoms with E-state index in [0.29, 0.717) is 6.04 Å². The van der Waals surface area contributed by atoms with Gasteiger partial charge >= 0.3 is 0 Å². The molecule has 2 aromatic heterocycles. The number of anilines is 1. The van der Waals surface area contributed by atoms with E-state index in [1.165, 1.54) is 56.8 Å². The fraction of sp³-hybridized carbons (Fsp3) is 0.282. The summed E-state index contributed by atoms with van der Waals surface area (Å²) < 4.78 is 13.4. The predicted octanol–water partition coefficient (Wildman–Crippen LogP) is 8.85. The van der Waals surface area contributed by atoms with Crippen molar-refractivity contribution in [3.63, 3.8) is 0 Å². The fourth-order valence-electron chi connectivity index (χ4n) is 6.28. The van der Waals surface area contributed by atoms with E-state index in [1.807, 2.05) is 12.4 Å². The maximum Gasteiger partial charge on any atom is 0.123 e. The van der Waals surface area contributed by atoms with Crippen molar-refractivity contribution in [1.82, 2.24) is 14.9 Å². The molecular formula is C39H41FN4. The number of pyridine rings is 2. The maximum absolute atomic E-state index is 13.4. The summed E-state index contributed by atoms with van der Waals surface area (Å²) in [5.41, 5.74) is 13.0. The van der Waals surface area contributed by atoms with Crippen molar-refractivity contribution >= 4 is 5.69 Å². The Morgan fingerprint density at radius 2 is 1.30 bits per heavy atom. The topological polar surface area (TPSA) is 32.3 Å². The second kappa shape index (κ2) is 13.1. The van der Waals surface area contributed by atoms with Crippen molar-refractivity contribution in [1.29, 1.82) is 0 Å². The Balaban J connectivity index is 1.17. The number of aryl methyl sites for hydroxylation is 3. The minimum atomic E-state index is -0.228. The summed E-state index contributed by atoms with van der Waals surface area (Å²) in [6.07, 6.45) is 6.01. The first kappa shape index (κ1) is 29.7. The minimum Gasteiger partial charge on any atom is -0.364 e. The van der Waals surface area contributed by atoms with E-state index in [0.717, 1.165) is 56.0 Å². The van der Waals surface area contributed by atoms with Crippen molar-refractivity contribution in [2.24, 2.45) is 0 Å². The Morgan fingerprint density at radius 3 is 1.95 bits per heavy atom. The van der Waals surface area contributed by atoms with Gasteiger partial charge in [0, 0.05) is 61.4 Å². The highest BCUT2D eigenvalue weighted by atomic mass is 19.1. The molecule has 0 saturated carbocycles. The molecule has 3 aromatic carbocycles. The Kier molecular flexibility index (Phi) is 8.85. The van der Waals surface area contributed by atoms with E-state index in [-0.39, 0.29) is 5.82 Å². The summed E-state index contributed by atoms with van der Waals surface area (Å²) in [7, 11) is 0. The van der Waals surface area contributed by atoms with Crippen molar-refractivity contribution in [3.8, 4) is 22.5 Å². The van der Waals surface area contributed by atoms with E-state index in [2.05, 4.69) is 103 Å². The molecule has 1 aliphatic heterocycles. The highest BCUT2D eigenvalue weighted by molar-refractivity contribution is 5.63. The molecule has 1 aliphatic rings. The van der Waals surface area contributed by atoms with E-state index < -0.39 is 0 Å². The summed E-state index contributed by atoms with van der Waals surface area (Å²) in [5, 5.41) is 0. The summed E-state index contributed by atoms with van der Waals surface area (Å²) in [5.74, 6) is -0.228. The molecule has 0 atom stereocenters. The number of rotatable bonds is 8. The Bertz CT molecular complexity index is 1700. The van der Waals surface area contributed by atoms with Crippen LogP contribution in [0.1, 0.15) is 46.2 Å². The number of piperidine rings is 1. The van der Waals surface area contributed by atoms with Gasteiger partial charge in [0.15, 0.2) is 0 Å². The van der Waals surface area contributed by atoms with Crippen molar-refractivity contribution in [2.75, 3.05) is 18.0 Å². The number of likely N-dealkylation sites (tertiary alicyclic amines) is 1. The van der Waals surface area contributed by atoms with E-state index in [1.54, 1.807) is 12.1 Å². The van der Waals surface area contributed by atoms with Gasteiger partial charge in [-0.05, 0) is 141 Å². The van der Waals surface area contributed by atoms with Crippen LogP contribution >= 0.6 is 0 Å². The Morgan fingerprint density at radius 1 is 0.705 bits per heavy atom. The average molecular weight is 585 g/mol. The lowest BCUT2D eigenvalue weighted by atomic mass is 9.97. The normalized spacial score (nSPS) is 14.1. The van der Waals surface area contributed by atoms with Crippen LogP contribution in [-0.2, 0) is 13.1 Å². The summed E-state index contributed by atoms with van der Waals surface area (Å²) in [6.45, 7) is 12.5. The van der Waals surface area contributed by atoms with Gasteiger partial charge in [0.05, 0.1) is 11.4 Å². The summed E-state index contributed by atoms with van der Waals surface area (Å²) in [6, 6.07) is 29.2. The molecule has 6 rings (SSSR count). The third-order valence-corrected chi connectivity index (χ3v) is 9.13. The molecule has 0 amide bonds. The zero-order valence-electron chi connectivity index (χ0n) is 26.2. The van der Waals surface area contributed by atoms with Crippen LogP contribution < -0.4 is 4.90 Å². The van der Waals surface area contributed by atoms with Gasteiger partial charge in [-0.3, -0.25) is 14.9 Å². The maximum atomic E-state index is 13.4. The minimum absolute atomic E-state index is 0.228. The van der Waals surface area contributed by atoms with Crippen LogP contribution in [0.15, 0.2) is 97.3 Å². The number of nitrogens with zero attached hydrogens (tertiary/aromatic N) is 4. The number of halogens is 1. The first-order chi connectivity index (χ1) is 21.3.